The molecule has 3 rings (SSSR count). The van der Waals surface area contributed by atoms with Crippen molar-refractivity contribution in [3.8, 4) is 5.75 Å². The maximum Gasteiger partial charge on any atom is 0.163 e. The highest BCUT2D eigenvalue weighted by molar-refractivity contribution is 5.98. The zero-order chi connectivity index (χ0) is 12.4. The van der Waals surface area contributed by atoms with Gasteiger partial charge >= 0.3 is 0 Å². The Labute approximate surface area is 108 Å². The number of carbonyl (C=O) groups excluding carboxylic acids is 1. The van der Waals surface area contributed by atoms with Crippen LogP contribution in [0.15, 0.2) is 18.2 Å². The molecular formula is C15H19NO2. The molecule has 0 spiro atoms. The minimum atomic E-state index is 0.107. The summed E-state index contributed by atoms with van der Waals surface area (Å²) >= 11 is 0. The molecule has 1 saturated heterocycles. The van der Waals surface area contributed by atoms with Gasteiger partial charge in [-0.25, -0.2) is 0 Å². The molecule has 96 valence electrons. The van der Waals surface area contributed by atoms with Gasteiger partial charge in [0.25, 0.3) is 0 Å². The number of piperidine rings is 1. The number of fused-ring (bicyclic) bond motifs is 1. The van der Waals surface area contributed by atoms with E-state index in [0.29, 0.717) is 6.42 Å². The Morgan fingerprint density at radius 1 is 1.17 bits per heavy atom. The predicted molar refractivity (Wildman–Crippen MR) is 70.0 cm³/mol. The van der Waals surface area contributed by atoms with Gasteiger partial charge in [-0.05, 0) is 56.3 Å². The minimum Gasteiger partial charge on any atom is -0.475 e. The summed E-state index contributed by atoms with van der Waals surface area (Å²) in [6.07, 6.45) is 6.27. The monoisotopic (exact) mass is 245 g/mol. The number of nitrogens with one attached hydrogen (secondary N) is 1. The molecule has 1 fully saturated rings. The first-order valence-corrected chi connectivity index (χ1v) is 6.89. The van der Waals surface area contributed by atoms with Gasteiger partial charge in [-0.15, -0.1) is 0 Å². The second kappa shape index (κ2) is 5.11. The van der Waals surface area contributed by atoms with Crippen molar-refractivity contribution in [2.24, 2.45) is 0 Å². The van der Waals surface area contributed by atoms with E-state index < -0.39 is 0 Å². The molecule has 1 aliphatic heterocycles. The van der Waals surface area contributed by atoms with Crippen LogP contribution in [0.2, 0.25) is 0 Å². The molecule has 2 aliphatic rings. The maximum atomic E-state index is 11.9. The van der Waals surface area contributed by atoms with Gasteiger partial charge in [0, 0.05) is 12.0 Å². The molecule has 1 heterocycles. The number of Topliss-reactive ketones (excluding diaryl/α,β-unsaturated/α-hetero) is 1. The summed E-state index contributed by atoms with van der Waals surface area (Å²) in [4.78, 5) is 11.9. The Hall–Kier alpha value is -1.35. The molecule has 3 heteroatoms. The predicted octanol–water partition coefficient (Wildman–Crippen LogP) is 2.68. The van der Waals surface area contributed by atoms with E-state index in [4.69, 9.17) is 4.74 Å². The van der Waals surface area contributed by atoms with E-state index >= 15 is 0 Å². The van der Waals surface area contributed by atoms with Crippen molar-refractivity contribution >= 4 is 5.78 Å². The third-order valence-electron chi connectivity index (χ3n) is 3.78. The highest BCUT2D eigenvalue weighted by Crippen LogP contribution is 2.26. The molecule has 1 aliphatic carbocycles. The van der Waals surface area contributed by atoms with Crippen molar-refractivity contribution in [1.29, 1.82) is 0 Å². The molecule has 0 aromatic heterocycles. The molecule has 1 N–H and O–H groups in total. The van der Waals surface area contributed by atoms with Crippen LogP contribution in [-0.4, -0.2) is 18.6 Å². The third-order valence-corrected chi connectivity index (χ3v) is 3.78. The van der Waals surface area contributed by atoms with Crippen LogP contribution in [0.4, 0.5) is 0 Å². The van der Waals surface area contributed by atoms with Gasteiger partial charge in [0.2, 0.25) is 0 Å². The Bertz CT molecular complexity index is 450. The van der Waals surface area contributed by atoms with Crippen molar-refractivity contribution in [1.82, 2.24) is 5.32 Å². The lowest BCUT2D eigenvalue weighted by atomic mass is 9.90. The Morgan fingerprint density at radius 3 is 2.94 bits per heavy atom. The fourth-order valence-electron chi connectivity index (χ4n) is 2.77. The van der Waals surface area contributed by atoms with E-state index in [1.54, 1.807) is 0 Å². The van der Waals surface area contributed by atoms with Gasteiger partial charge in [0.1, 0.15) is 12.0 Å². The number of benzene rings is 1. The fourth-order valence-corrected chi connectivity index (χ4v) is 2.77. The first-order valence-electron chi connectivity index (χ1n) is 6.89. The topological polar surface area (TPSA) is 38.3 Å². The SMILES string of the molecule is O=C1CCCc2ccc(OC3CCCCN3)cc21. The molecule has 0 amide bonds. The number of hydrogen-bond donors (Lipinski definition) is 1. The van der Waals surface area contributed by atoms with Crippen LogP contribution in [0.3, 0.4) is 0 Å². The molecule has 3 nitrogen and oxygen atoms in total. The van der Waals surface area contributed by atoms with Crippen molar-refractivity contribution in [3.63, 3.8) is 0 Å². The van der Waals surface area contributed by atoms with Crippen molar-refractivity contribution in [2.45, 2.75) is 44.8 Å². The van der Waals surface area contributed by atoms with E-state index in [-0.39, 0.29) is 12.0 Å². The van der Waals surface area contributed by atoms with E-state index in [1.807, 2.05) is 18.2 Å². The van der Waals surface area contributed by atoms with Gasteiger partial charge in [0.05, 0.1) is 0 Å². The normalized spacial score (nSPS) is 23.6. The maximum absolute atomic E-state index is 11.9. The molecule has 0 saturated carbocycles. The molecular weight excluding hydrogens is 226 g/mol. The summed E-state index contributed by atoms with van der Waals surface area (Å²) in [5.74, 6) is 1.08. The third kappa shape index (κ3) is 2.41. The van der Waals surface area contributed by atoms with Crippen molar-refractivity contribution < 1.29 is 9.53 Å². The van der Waals surface area contributed by atoms with E-state index in [0.717, 1.165) is 37.1 Å². The number of ether oxygens (including phenoxy) is 1. The molecule has 18 heavy (non-hydrogen) atoms. The average molecular weight is 245 g/mol. The standard InChI is InChI=1S/C15H19NO2/c17-14-5-3-4-11-7-8-12(10-13(11)14)18-15-6-1-2-9-16-15/h7-8,10,15-16H,1-6,9H2. The van der Waals surface area contributed by atoms with Crippen molar-refractivity contribution in [3.05, 3.63) is 29.3 Å². The fraction of sp³-hybridized carbons (Fsp3) is 0.533. The zero-order valence-corrected chi connectivity index (χ0v) is 10.6. The molecule has 1 aromatic rings. The molecule has 1 unspecified atom stereocenters. The molecule has 0 radical (unpaired) electrons. The number of ketones is 1. The molecule has 0 bridgehead atoms. The van der Waals surface area contributed by atoms with E-state index in [9.17, 15) is 4.79 Å². The lowest BCUT2D eigenvalue weighted by Gasteiger charge is -2.25. The van der Waals surface area contributed by atoms with E-state index in [1.165, 1.54) is 18.4 Å². The largest absolute Gasteiger partial charge is 0.475 e. The Kier molecular flexibility index (Phi) is 3.33. The highest BCUT2D eigenvalue weighted by atomic mass is 16.5. The summed E-state index contributed by atoms with van der Waals surface area (Å²) in [5.41, 5.74) is 2.05. The van der Waals surface area contributed by atoms with Crippen LogP contribution in [-0.2, 0) is 6.42 Å². The lowest BCUT2D eigenvalue weighted by molar-refractivity contribution is 0.0970. The second-order valence-electron chi connectivity index (χ2n) is 5.15. The van der Waals surface area contributed by atoms with E-state index in [2.05, 4.69) is 5.32 Å². The average Bonchev–Trinajstić information content (AvgIpc) is 2.41. The summed E-state index contributed by atoms with van der Waals surface area (Å²) < 4.78 is 5.91. The summed E-state index contributed by atoms with van der Waals surface area (Å²) in [6.45, 7) is 1.02. The molecule has 1 aromatic carbocycles. The number of hydrogen-bond acceptors (Lipinski definition) is 3. The summed E-state index contributed by atoms with van der Waals surface area (Å²) in [5, 5.41) is 3.35. The smallest absolute Gasteiger partial charge is 0.163 e. The quantitative estimate of drug-likeness (QED) is 0.870. The van der Waals surface area contributed by atoms with Crippen LogP contribution in [0.5, 0.6) is 5.75 Å². The van der Waals surface area contributed by atoms with Crippen LogP contribution < -0.4 is 10.1 Å². The number of aryl methyl sites for hydroxylation is 1. The van der Waals surface area contributed by atoms with Gasteiger partial charge in [-0.2, -0.15) is 0 Å². The summed E-state index contributed by atoms with van der Waals surface area (Å²) in [6, 6.07) is 5.96. The Balaban J connectivity index is 1.76. The van der Waals surface area contributed by atoms with Crippen LogP contribution in [0.25, 0.3) is 0 Å². The Morgan fingerprint density at radius 2 is 2.11 bits per heavy atom. The minimum absolute atomic E-state index is 0.107. The van der Waals surface area contributed by atoms with Gasteiger partial charge in [-0.1, -0.05) is 6.07 Å². The summed E-state index contributed by atoms with van der Waals surface area (Å²) in [7, 11) is 0. The van der Waals surface area contributed by atoms with Crippen LogP contribution >= 0.6 is 0 Å². The zero-order valence-electron chi connectivity index (χ0n) is 10.6. The van der Waals surface area contributed by atoms with Gasteiger partial charge in [-0.3, -0.25) is 10.1 Å². The number of rotatable bonds is 2. The number of carbonyl (C=O) groups is 1. The highest BCUT2D eigenvalue weighted by Gasteiger charge is 2.19. The second-order valence-corrected chi connectivity index (χ2v) is 5.15. The van der Waals surface area contributed by atoms with Crippen LogP contribution in [0.1, 0.15) is 48.0 Å². The lowest BCUT2D eigenvalue weighted by Crippen LogP contribution is -2.38. The first kappa shape index (κ1) is 11.7. The van der Waals surface area contributed by atoms with Crippen LogP contribution in [0, 0.1) is 0 Å². The molecule has 1 atom stereocenters. The van der Waals surface area contributed by atoms with Crippen molar-refractivity contribution in [2.75, 3.05) is 6.54 Å². The first-order chi connectivity index (χ1) is 8.83. The van der Waals surface area contributed by atoms with Gasteiger partial charge in [0.15, 0.2) is 5.78 Å². The van der Waals surface area contributed by atoms with Gasteiger partial charge < -0.3 is 4.74 Å².